The average molecular weight is 689 g/mol. The largest absolute Gasteiger partial charge is 0.497 e. The van der Waals surface area contributed by atoms with E-state index in [0.717, 1.165) is 0 Å². The summed E-state index contributed by atoms with van der Waals surface area (Å²) in [7, 11) is 4.65. The van der Waals surface area contributed by atoms with Gasteiger partial charge < -0.3 is 45.3 Å². The number of hydrogen-bond donors (Lipinski definition) is 4. The number of amides is 6. The second kappa shape index (κ2) is 19.1. The molecular weight excluding hydrogens is 636 g/mol. The molecule has 0 unspecified atom stereocenters. The standard InChI is InChI=1S/C34H52N6O9/c1-21(2)17-25-30(42)35-22(3)33(45)40-14-10-13-28(40)32(44)38-27(34(46)39(4)5)20-49-16-8-7-15-48-19-26(31(43)36-25)37-29(41)23-11-9-12-24(18-23)47-6/h9,11-12,18,21-22,25-28H,7-8,10,13-17,19-20H2,1-6H3,(H,35,42)(H,36,43)(H,37,41)(H,38,44)/t22-,25-,26-,27-,28-/m0/s1. The second-order valence-corrected chi connectivity index (χ2v) is 13.0. The van der Waals surface area contributed by atoms with E-state index in [1.54, 1.807) is 38.4 Å². The lowest BCUT2D eigenvalue weighted by Crippen LogP contribution is -2.59. The van der Waals surface area contributed by atoms with Crippen molar-refractivity contribution in [2.24, 2.45) is 5.92 Å². The van der Waals surface area contributed by atoms with Crippen LogP contribution in [0.4, 0.5) is 0 Å². The first-order chi connectivity index (χ1) is 23.3. The third-order valence-electron chi connectivity index (χ3n) is 8.31. The zero-order valence-electron chi connectivity index (χ0n) is 29.4. The molecule has 1 aromatic carbocycles. The molecule has 6 amide bonds. The van der Waals surface area contributed by atoms with Gasteiger partial charge in [0.05, 0.1) is 20.3 Å². The summed E-state index contributed by atoms with van der Waals surface area (Å²) in [5.41, 5.74) is 0.273. The van der Waals surface area contributed by atoms with E-state index in [1.165, 1.54) is 23.8 Å². The van der Waals surface area contributed by atoms with Crippen molar-refractivity contribution in [3.8, 4) is 5.75 Å². The Kier molecular flexibility index (Phi) is 15.3. The summed E-state index contributed by atoms with van der Waals surface area (Å²) in [6, 6.07) is 1.51. The van der Waals surface area contributed by atoms with Gasteiger partial charge in [0.15, 0.2) is 0 Å². The molecule has 0 aliphatic carbocycles. The molecule has 2 fully saturated rings. The number of carbonyl (C=O) groups excluding carboxylic acids is 6. The van der Waals surface area contributed by atoms with E-state index in [9.17, 15) is 28.8 Å². The molecule has 1 aromatic rings. The second-order valence-electron chi connectivity index (χ2n) is 13.0. The van der Waals surface area contributed by atoms with Crippen LogP contribution in [0.5, 0.6) is 5.75 Å². The molecule has 15 nitrogen and oxygen atoms in total. The van der Waals surface area contributed by atoms with Crippen molar-refractivity contribution in [3.63, 3.8) is 0 Å². The van der Waals surface area contributed by atoms with E-state index in [4.69, 9.17) is 14.2 Å². The summed E-state index contributed by atoms with van der Waals surface area (Å²) in [5.74, 6) is -2.56. The van der Waals surface area contributed by atoms with Gasteiger partial charge in [0.1, 0.15) is 36.0 Å². The highest BCUT2D eigenvalue weighted by atomic mass is 16.5. The van der Waals surface area contributed by atoms with Gasteiger partial charge in [0, 0.05) is 39.4 Å². The first kappa shape index (κ1) is 39.2. The highest BCUT2D eigenvalue weighted by Gasteiger charge is 2.39. The molecule has 2 heterocycles. The minimum atomic E-state index is -1.15. The number of hydrogen-bond acceptors (Lipinski definition) is 9. The summed E-state index contributed by atoms with van der Waals surface area (Å²) in [4.78, 5) is 83.0. The number of benzene rings is 1. The van der Waals surface area contributed by atoms with E-state index >= 15 is 0 Å². The molecule has 49 heavy (non-hydrogen) atoms. The Labute approximate surface area is 288 Å². The maximum Gasteiger partial charge on any atom is 0.252 e. The van der Waals surface area contributed by atoms with E-state index < -0.39 is 59.7 Å². The van der Waals surface area contributed by atoms with Crippen molar-refractivity contribution in [2.45, 2.75) is 83.1 Å². The highest BCUT2D eigenvalue weighted by Crippen LogP contribution is 2.19. The van der Waals surface area contributed by atoms with E-state index in [0.29, 0.717) is 38.0 Å². The molecule has 2 saturated heterocycles. The molecule has 15 heteroatoms. The molecule has 0 aromatic heterocycles. The van der Waals surface area contributed by atoms with Crippen molar-refractivity contribution < 1.29 is 43.0 Å². The van der Waals surface area contributed by atoms with Crippen LogP contribution in [-0.4, -0.2) is 130 Å². The number of likely N-dealkylation sites (N-methyl/N-ethyl adjacent to an activating group) is 1. The Hall–Kier alpha value is -4.24. The fraction of sp³-hybridized carbons (Fsp3) is 0.647. The number of methoxy groups -OCH3 is 1. The predicted molar refractivity (Wildman–Crippen MR) is 179 cm³/mol. The maximum atomic E-state index is 13.6. The van der Waals surface area contributed by atoms with E-state index in [-0.39, 0.29) is 50.2 Å². The minimum absolute atomic E-state index is 0.00990. The van der Waals surface area contributed by atoms with Crippen LogP contribution < -0.4 is 26.0 Å². The first-order valence-corrected chi connectivity index (χ1v) is 16.9. The summed E-state index contributed by atoms with van der Waals surface area (Å²) in [6.07, 6.45) is 2.34. The highest BCUT2D eigenvalue weighted by molar-refractivity contribution is 5.99. The Balaban J connectivity index is 1.85. The molecular formula is C34H52N6O9. The predicted octanol–water partition coefficient (Wildman–Crippen LogP) is 0.220. The van der Waals surface area contributed by atoms with E-state index in [2.05, 4.69) is 21.3 Å². The molecule has 272 valence electrons. The summed E-state index contributed by atoms with van der Waals surface area (Å²) in [5, 5.41) is 10.9. The number of ether oxygens (including phenoxy) is 3. The van der Waals surface area contributed by atoms with Gasteiger partial charge in [-0.3, -0.25) is 28.8 Å². The van der Waals surface area contributed by atoms with Crippen molar-refractivity contribution in [1.82, 2.24) is 31.1 Å². The van der Waals surface area contributed by atoms with Crippen LogP contribution in [0.1, 0.15) is 63.2 Å². The monoisotopic (exact) mass is 688 g/mol. The topological polar surface area (TPSA) is 185 Å². The molecule has 0 radical (unpaired) electrons. The number of nitrogens with one attached hydrogen (secondary N) is 4. The fourth-order valence-electron chi connectivity index (χ4n) is 5.66. The van der Waals surface area contributed by atoms with Crippen LogP contribution >= 0.6 is 0 Å². The minimum Gasteiger partial charge on any atom is -0.497 e. The zero-order chi connectivity index (χ0) is 36.1. The molecule has 0 saturated carbocycles. The van der Waals surface area contributed by atoms with Crippen LogP contribution in [0.2, 0.25) is 0 Å². The first-order valence-electron chi connectivity index (χ1n) is 16.9. The Bertz CT molecular complexity index is 1320. The van der Waals surface area contributed by atoms with Crippen LogP contribution in [0.25, 0.3) is 0 Å². The van der Waals surface area contributed by atoms with Gasteiger partial charge in [-0.2, -0.15) is 0 Å². The molecule has 4 N–H and O–H groups in total. The van der Waals surface area contributed by atoms with Gasteiger partial charge in [0.2, 0.25) is 29.5 Å². The molecule has 5 atom stereocenters. The lowest BCUT2D eigenvalue weighted by Gasteiger charge is -2.30. The van der Waals surface area contributed by atoms with Crippen LogP contribution in [0, 0.1) is 5.92 Å². The van der Waals surface area contributed by atoms with E-state index in [1.807, 2.05) is 13.8 Å². The van der Waals surface area contributed by atoms with Gasteiger partial charge in [-0.1, -0.05) is 19.9 Å². The number of carbonyl (C=O) groups is 6. The molecule has 3 rings (SSSR count). The van der Waals surface area contributed by atoms with Crippen LogP contribution in [0.15, 0.2) is 24.3 Å². The van der Waals surface area contributed by atoms with Crippen LogP contribution in [-0.2, 0) is 33.4 Å². The lowest BCUT2D eigenvalue weighted by molar-refractivity contribution is -0.143. The fourth-order valence-corrected chi connectivity index (χ4v) is 5.66. The van der Waals surface area contributed by atoms with Crippen molar-refractivity contribution in [1.29, 1.82) is 0 Å². The summed E-state index contributed by atoms with van der Waals surface area (Å²) < 4.78 is 16.8. The van der Waals surface area contributed by atoms with Gasteiger partial charge in [0.25, 0.3) is 5.91 Å². The quantitative estimate of drug-likeness (QED) is 0.325. The van der Waals surface area contributed by atoms with Crippen LogP contribution in [0.3, 0.4) is 0 Å². The third kappa shape index (κ3) is 11.7. The maximum absolute atomic E-state index is 13.6. The van der Waals surface area contributed by atoms with Crippen molar-refractivity contribution in [3.05, 3.63) is 29.8 Å². The van der Waals surface area contributed by atoms with Gasteiger partial charge >= 0.3 is 0 Å². The van der Waals surface area contributed by atoms with Crippen molar-refractivity contribution >= 4 is 35.4 Å². The SMILES string of the molecule is COc1cccc(C(=O)N[C@H]2COCCCCOC[C@@H](C(=O)N(C)C)NC(=O)[C@@H]3CCCN3C(=O)[C@H](C)NC(=O)[C@H](CC(C)C)NC2=O)c1. The normalized spacial score (nSPS) is 25.3. The Morgan fingerprint density at radius 1 is 0.980 bits per heavy atom. The number of fused-ring (bicyclic) bond motifs is 1. The lowest BCUT2D eigenvalue weighted by atomic mass is 10.0. The van der Waals surface area contributed by atoms with Crippen molar-refractivity contribution in [2.75, 3.05) is 54.2 Å². The molecule has 0 bridgehead atoms. The van der Waals surface area contributed by atoms with Gasteiger partial charge in [-0.15, -0.1) is 0 Å². The summed E-state index contributed by atoms with van der Waals surface area (Å²) in [6.45, 7) is 5.90. The molecule has 2 aliphatic rings. The molecule has 2 aliphatic heterocycles. The zero-order valence-corrected chi connectivity index (χ0v) is 29.4. The average Bonchev–Trinajstić information content (AvgIpc) is 3.56. The number of rotatable bonds is 6. The Morgan fingerprint density at radius 3 is 2.33 bits per heavy atom. The third-order valence-corrected chi connectivity index (χ3v) is 8.31. The molecule has 0 spiro atoms. The smallest absolute Gasteiger partial charge is 0.252 e. The summed E-state index contributed by atoms with van der Waals surface area (Å²) >= 11 is 0. The number of nitrogens with zero attached hydrogens (tertiary/aromatic N) is 2. The van der Waals surface area contributed by atoms with Gasteiger partial charge in [-0.25, -0.2) is 0 Å². The Morgan fingerprint density at radius 2 is 1.67 bits per heavy atom. The van der Waals surface area contributed by atoms with Gasteiger partial charge in [-0.05, 0) is 63.1 Å².